The highest BCUT2D eigenvalue weighted by Gasteiger charge is 2.28. The first-order valence-corrected chi connectivity index (χ1v) is 7.90. The number of benzene rings is 2. The maximum absolute atomic E-state index is 12.7. The van der Waals surface area contributed by atoms with Gasteiger partial charge in [0.25, 0.3) is 0 Å². The summed E-state index contributed by atoms with van der Waals surface area (Å²) in [6, 6.07) is 13.2. The van der Waals surface area contributed by atoms with Crippen LogP contribution in [-0.2, 0) is 11.3 Å². The number of hydrogen-bond acceptors (Lipinski definition) is 2. The number of rotatable bonds is 2. The van der Waals surface area contributed by atoms with E-state index in [-0.39, 0.29) is 11.8 Å². The molecule has 3 nitrogen and oxygen atoms in total. The predicted molar refractivity (Wildman–Crippen MR) is 91.7 cm³/mol. The van der Waals surface area contributed by atoms with E-state index in [1.807, 2.05) is 31.2 Å². The van der Waals surface area contributed by atoms with E-state index in [0.717, 1.165) is 16.9 Å². The average molecular weight is 335 g/mol. The van der Waals surface area contributed by atoms with Gasteiger partial charge in [-0.1, -0.05) is 48.3 Å². The van der Waals surface area contributed by atoms with Crippen LogP contribution in [0.25, 0.3) is 0 Å². The van der Waals surface area contributed by atoms with Gasteiger partial charge in [-0.2, -0.15) is 0 Å². The highest BCUT2D eigenvalue weighted by molar-refractivity contribution is 6.36. The highest BCUT2D eigenvalue weighted by Crippen LogP contribution is 2.34. The summed E-state index contributed by atoms with van der Waals surface area (Å²) in [6.07, 6.45) is 0. The van der Waals surface area contributed by atoms with E-state index in [9.17, 15) is 4.79 Å². The van der Waals surface area contributed by atoms with Gasteiger partial charge in [-0.3, -0.25) is 4.79 Å². The minimum absolute atomic E-state index is 0.0634. The lowest BCUT2D eigenvalue weighted by molar-refractivity contribution is -0.121. The van der Waals surface area contributed by atoms with Gasteiger partial charge >= 0.3 is 0 Å². The Labute approximate surface area is 139 Å². The van der Waals surface area contributed by atoms with Crippen molar-refractivity contribution >= 4 is 40.5 Å². The molecular formula is C17H16Cl2N2O. The van der Waals surface area contributed by atoms with Gasteiger partial charge in [0.2, 0.25) is 5.91 Å². The van der Waals surface area contributed by atoms with Gasteiger partial charge in [-0.25, -0.2) is 0 Å². The quantitative estimate of drug-likeness (QED) is 0.871. The first kappa shape index (κ1) is 15.2. The summed E-state index contributed by atoms with van der Waals surface area (Å²) in [4.78, 5) is 14.5. The standard InChI is InChI=1S/C17H16Cl2N2O/c1-11-9-20-15-7-2-3-8-16(15)21(17(11)22)10-12-13(18)5-4-6-14(12)19/h2-8,11,20H,9-10H2,1H3. The Kier molecular flexibility index (Phi) is 4.27. The number of amides is 1. The molecule has 0 fully saturated rings. The third-order valence-electron chi connectivity index (χ3n) is 3.86. The third-order valence-corrected chi connectivity index (χ3v) is 4.57. The lowest BCUT2D eigenvalue weighted by atomic mass is 10.1. The molecule has 1 aliphatic rings. The number of carbonyl (C=O) groups is 1. The van der Waals surface area contributed by atoms with Gasteiger partial charge in [0.15, 0.2) is 0 Å². The number of halogens is 2. The Hall–Kier alpha value is -1.71. The van der Waals surface area contributed by atoms with Crippen molar-refractivity contribution in [2.45, 2.75) is 13.5 Å². The average Bonchev–Trinajstić information content (AvgIpc) is 2.63. The molecule has 2 aromatic carbocycles. The summed E-state index contributed by atoms with van der Waals surface area (Å²) in [5.74, 6) is -0.0536. The molecule has 0 bridgehead atoms. The van der Waals surface area contributed by atoms with Gasteiger partial charge in [0, 0.05) is 22.2 Å². The van der Waals surface area contributed by atoms with Crippen molar-refractivity contribution in [3.8, 4) is 0 Å². The summed E-state index contributed by atoms with van der Waals surface area (Å²) in [5.41, 5.74) is 2.57. The largest absolute Gasteiger partial charge is 0.383 e. The lowest BCUT2D eigenvalue weighted by Crippen LogP contribution is -2.35. The summed E-state index contributed by atoms with van der Waals surface area (Å²) >= 11 is 12.5. The summed E-state index contributed by atoms with van der Waals surface area (Å²) in [5, 5.41) is 4.47. The Morgan fingerprint density at radius 1 is 1.14 bits per heavy atom. The predicted octanol–water partition coefficient (Wildman–Crippen LogP) is 4.59. The van der Waals surface area contributed by atoms with Gasteiger partial charge in [0.05, 0.1) is 23.8 Å². The molecule has 2 aromatic rings. The van der Waals surface area contributed by atoms with E-state index >= 15 is 0 Å². The molecule has 114 valence electrons. The van der Waals surface area contributed by atoms with Crippen LogP contribution in [0.1, 0.15) is 12.5 Å². The molecule has 0 aliphatic carbocycles. The van der Waals surface area contributed by atoms with Crippen LogP contribution < -0.4 is 10.2 Å². The molecule has 1 heterocycles. The molecule has 3 rings (SSSR count). The number of carbonyl (C=O) groups excluding carboxylic acids is 1. The van der Waals surface area contributed by atoms with Gasteiger partial charge in [-0.05, 0) is 24.3 Å². The monoisotopic (exact) mass is 334 g/mol. The zero-order chi connectivity index (χ0) is 15.7. The van der Waals surface area contributed by atoms with E-state index in [0.29, 0.717) is 23.1 Å². The van der Waals surface area contributed by atoms with E-state index in [1.165, 1.54) is 0 Å². The smallest absolute Gasteiger partial charge is 0.231 e. The fourth-order valence-corrected chi connectivity index (χ4v) is 3.12. The van der Waals surface area contributed by atoms with Crippen molar-refractivity contribution < 1.29 is 4.79 Å². The van der Waals surface area contributed by atoms with Crippen LogP contribution in [0, 0.1) is 5.92 Å². The van der Waals surface area contributed by atoms with Crippen molar-refractivity contribution in [1.82, 2.24) is 0 Å². The van der Waals surface area contributed by atoms with Crippen LogP contribution in [0.2, 0.25) is 10.0 Å². The molecule has 0 spiro atoms. The van der Waals surface area contributed by atoms with Crippen LogP contribution in [0.4, 0.5) is 11.4 Å². The maximum atomic E-state index is 12.7. The Bertz CT molecular complexity index is 697. The molecule has 0 saturated heterocycles. The van der Waals surface area contributed by atoms with Gasteiger partial charge < -0.3 is 10.2 Å². The van der Waals surface area contributed by atoms with Crippen LogP contribution in [-0.4, -0.2) is 12.5 Å². The second-order valence-electron chi connectivity index (χ2n) is 5.42. The van der Waals surface area contributed by atoms with Crippen molar-refractivity contribution in [1.29, 1.82) is 0 Å². The van der Waals surface area contributed by atoms with E-state index in [2.05, 4.69) is 5.32 Å². The fraction of sp³-hybridized carbons (Fsp3) is 0.235. The highest BCUT2D eigenvalue weighted by atomic mass is 35.5. The zero-order valence-electron chi connectivity index (χ0n) is 12.1. The first-order chi connectivity index (χ1) is 10.6. The second kappa shape index (κ2) is 6.19. The van der Waals surface area contributed by atoms with E-state index in [4.69, 9.17) is 23.2 Å². The van der Waals surface area contributed by atoms with Crippen LogP contribution in [0.15, 0.2) is 42.5 Å². The number of para-hydroxylation sites is 2. The first-order valence-electron chi connectivity index (χ1n) is 7.15. The summed E-state index contributed by atoms with van der Waals surface area (Å²) in [7, 11) is 0. The molecular weight excluding hydrogens is 319 g/mol. The normalized spacial score (nSPS) is 17.7. The Morgan fingerprint density at radius 3 is 2.55 bits per heavy atom. The summed E-state index contributed by atoms with van der Waals surface area (Å²) in [6.45, 7) is 2.89. The molecule has 5 heteroatoms. The van der Waals surface area contributed by atoms with Crippen LogP contribution in [0.3, 0.4) is 0 Å². The SMILES string of the molecule is CC1CNc2ccccc2N(Cc2c(Cl)cccc2Cl)C1=O. The molecule has 1 atom stereocenters. The number of nitrogens with zero attached hydrogens (tertiary/aromatic N) is 1. The molecule has 1 N–H and O–H groups in total. The zero-order valence-corrected chi connectivity index (χ0v) is 13.7. The number of anilines is 2. The van der Waals surface area contributed by atoms with E-state index in [1.54, 1.807) is 23.1 Å². The van der Waals surface area contributed by atoms with Crippen molar-refractivity contribution in [3.63, 3.8) is 0 Å². The van der Waals surface area contributed by atoms with Crippen LogP contribution in [0.5, 0.6) is 0 Å². The van der Waals surface area contributed by atoms with Crippen molar-refractivity contribution in [2.24, 2.45) is 5.92 Å². The minimum atomic E-state index is -0.117. The Balaban J connectivity index is 2.05. The Morgan fingerprint density at radius 2 is 1.82 bits per heavy atom. The number of hydrogen-bond donors (Lipinski definition) is 1. The topological polar surface area (TPSA) is 32.3 Å². The second-order valence-corrected chi connectivity index (χ2v) is 6.24. The minimum Gasteiger partial charge on any atom is -0.383 e. The third kappa shape index (κ3) is 2.79. The molecule has 0 saturated carbocycles. The molecule has 1 unspecified atom stereocenters. The molecule has 0 aromatic heterocycles. The molecule has 0 radical (unpaired) electrons. The van der Waals surface area contributed by atoms with Crippen molar-refractivity contribution in [2.75, 3.05) is 16.8 Å². The van der Waals surface area contributed by atoms with Gasteiger partial charge in [0.1, 0.15) is 0 Å². The van der Waals surface area contributed by atoms with Gasteiger partial charge in [-0.15, -0.1) is 0 Å². The molecule has 22 heavy (non-hydrogen) atoms. The van der Waals surface area contributed by atoms with Crippen molar-refractivity contribution in [3.05, 3.63) is 58.1 Å². The fourth-order valence-electron chi connectivity index (χ4n) is 2.60. The van der Waals surface area contributed by atoms with E-state index < -0.39 is 0 Å². The maximum Gasteiger partial charge on any atom is 0.231 e. The molecule has 1 amide bonds. The summed E-state index contributed by atoms with van der Waals surface area (Å²) < 4.78 is 0. The van der Waals surface area contributed by atoms with Crippen LogP contribution >= 0.6 is 23.2 Å². The number of nitrogens with one attached hydrogen (secondary N) is 1. The number of fused-ring (bicyclic) bond motifs is 1. The molecule has 1 aliphatic heterocycles. The lowest BCUT2D eigenvalue weighted by Gasteiger charge is -2.25.